The average Bonchev–Trinajstić information content (AvgIpc) is 3.58. The van der Waals surface area contributed by atoms with Crippen LogP contribution >= 0.6 is 11.6 Å². The van der Waals surface area contributed by atoms with Gasteiger partial charge in [-0.25, -0.2) is 0 Å². The predicted octanol–water partition coefficient (Wildman–Crippen LogP) is 2.08. The molecular formula is C25H31ClF3N3O5. The maximum absolute atomic E-state index is 12.9. The van der Waals surface area contributed by atoms with E-state index in [4.69, 9.17) is 11.6 Å². The highest BCUT2D eigenvalue weighted by Crippen LogP contribution is 2.53. The highest BCUT2D eigenvalue weighted by atomic mass is 35.5. The summed E-state index contributed by atoms with van der Waals surface area (Å²) in [5, 5.41) is 20.3. The Balaban J connectivity index is 1.27. The maximum atomic E-state index is 12.9. The number of β-amino-alcohol motifs (C(OH)–C–C–N with tert-alkyl or cyclic N) is 2. The van der Waals surface area contributed by atoms with Crippen LogP contribution in [0.15, 0.2) is 18.2 Å². The van der Waals surface area contributed by atoms with E-state index in [9.17, 15) is 37.8 Å². The minimum absolute atomic E-state index is 0.0339. The zero-order valence-corrected chi connectivity index (χ0v) is 21.3. The molecule has 4 rings (SSSR count). The quantitative estimate of drug-likeness (QED) is 0.570. The van der Waals surface area contributed by atoms with E-state index in [-0.39, 0.29) is 56.3 Å². The van der Waals surface area contributed by atoms with Crippen molar-refractivity contribution in [2.45, 2.75) is 63.5 Å². The van der Waals surface area contributed by atoms with Crippen molar-refractivity contribution in [2.75, 3.05) is 32.7 Å². The number of rotatable bonds is 6. The highest BCUT2D eigenvalue weighted by Gasteiger charge is 2.51. The van der Waals surface area contributed by atoms with E-state index in [2.05, 4.69) is 0 Å². The number of carbonyl (C=O) groups excluding carboxylic acids is 3. The number of aliphatic hydroxyl groups excluding tert-OH is 2. The van der Waals surface area contributed by atoms with Gasteiger partial charge in [-0.1, -0.05) is 17.7 Å². The molecule has 0 unspecified atom stereocenters. The number of carbonyl (C=O) groups is 3. The second-order valence-electron chi connectivity index (χ2n) is 10.4. The lowest BCUT2D eigenvalue weighted by Gasteiger charge is -2.40. The Morgan fingerprint density at radius 3 is 2.46 bits per heavy atom. The molecule has 2 aliphatic heterocycles. The lowest BCUT2D eigenvalue weighted by atomic mass is 9.90. The first kappa shape index (κ1) is 27.7. The summed E-state index contributed by atoms with van der Waals surface area (Å²) in [7, 11) is 0. The number of hydrogen-bond donors (Lipinski definition) is 2. The molecule has 0 aromatic heterocycles. The van der Waals surface area contributed by atoms with Crippen molar-refractivity contribution in [2.24, 2.45) is 5.41 Å². The summed E-state index contributed by atoms with van der Waals surface area (Å²) in [5.74, 6) is -1.09. The minimum Gasteiger partial charge on any atom is -0.391 e. The number of benzene rings is 1. The van der Waals surface area contributed by atoms with Crippen molar-refractivity contribution in [3.63, 3.8) is 0 Å². The first-order valence-corrected chi connectivity index (χ1v) is 12.8. The fourth-order valence-electron chi connectivity index (χ4n) is 5.26. The van der Waals surface area contributed by atoms with Gasteiger partial charge in [0.05, 0.1) is 35.6 Å². The number of piperazine rings is 1. The number of likely N-dealkylation sites (tertiary alicyclic amines) is 1. The predicted molar refractivity (Wildman–Crippen MR) is 127 cm³/mol. The monoisotopic (exact) mass is 545 g/mol. The molecule has 1 aliphatic carbocycles. The van der Waals surface area contributed by atoms with Gasteiger partial charge in [-0.2, -0.15) is 13.2 Å². The zero-order valence-electron chi connectivity index (χ0n) is 20.5. The standard InChI is InChI=1S/C25H31ClF3N3O5/c1-15-23(37)31(13-17(33)12-21(35)30-7-6-24(4-5-24)20(34)14-30)8-9-32(15)22(36)11-16-2-3-18(19(26)10-16)25(27,28)29/h2-3,10,15,17,20,33-34H,4-9,11-14H2,1H3/t15-,17+,20+/m0/s1. The molecule has 3 fully saturated rings. The molecule has 3 amide bonds. The van der Waals surface area contributed by atoms with Gasteiger partial charge in [-0.15, -0.1) is 0 Å². The summed E-state index contributed by atoms with van der Waals surface area (Å²) in [6.45, 7) is 2.62. The van der Waals surface area contributed by atoms with Crippen LogP contribution in [0.3, 0.4) is 0 Å². The van der Waals surface area contributed by atoms with Crippen LogP contribution in [0.4, 0.5) is 13.2 Å². The minimum atomic E-state index is -4.60. The molecule has 2 saturated heterocycles. The number of piperidine rings is 1. The number of halogens is 4. The lowest BCUT2D eigenvalue weighted by molar-refractivity contribution is -0.152. The van der Waals surface area contributed by atoms with Crippen LogP contribution in [0.1, 0.15) is 43.7 Å². The molecule has 2 heterocycles. The van der Waals surface area contributed by atoms with Crippen molar-refractivity contribution >= 4 is 29.3 Å². The third kappa shape index (κ3) is 6.04. The fourth-order valence-corrected chi connectivity index (χ4v) is 5.57. The number of nitrogens with zero attached hydrogens (tertiary/aromatic N) is 3. The second kappa shape index (κ2) is 10.4. The first-order valence-electron chi connectivity index (χ1n) is 12.4. The van der Waals surface area contributed by atoms with E-state index in [1.807, 2.05) is 0 Å². The molecule has 2 N–H and O–H groups in total. The summed E-state index contributed by atoms with van der Waals surface area (Å²) >= 11 is 5.74. The van der Waals surface area contributed by atoms with Gasteiger partial charge in [-0.3, -0.25) is 14.4 Å². The normalized spacial score (nSPS) is 24.4. The van der Waals surface area contributed by atoms with Crippen molar-refractivity contribution in [1.82, 2.24) is 14.7 Å². The van der Waals surface area contributed by atoms with Gasteiger partial charge in [0.2, 0.25) is 17.7 Å². The number of amides is 3. The van der Waals surface area contributed by atoms with Crippen LogP contribution in [0.5, 0.6) is 0 Å². The molecule has 3 aliphatic rings. The third-order valence-corrected chi connectivity index (χ3v) is 8.14. The van der Waals surface area contributed by atoms with Gasteiger partial charge in [0.25, 0.3) is 0 Å². The molecule has 12 heteroatoms. The molecule has 8 nitrogen and oxygen atoms in total. The Morgan fingerprint density at radius 2 is 1.86 bits per heavy atom. The highest BCUT2D eigenvalue weighted by molar-refractivity contribution is 6.31. The number of aliphatic hydroxyl groups is 2. The van der Waals surface area contributed by atoms with Crippen LogP contribution in [0.2, 0.25) is 5.02 Å². The molecule has 1 spiro atoms. The summed E-state index contributed by atoms with van der Waals surface area (Å²) in [6, 6.07) is 2.29. The van der Waals surface area contributed by atoms with E-state index in [0.717, 1.165) is 31.4 Å². The molecule has 0 radical (unpaired) electrons. The SMILES string of the molecule is C[C@H]1C(=O)N(C[C@H](O)CC(=O)N2CCC3(CC3)[C@H](O)C2)CCN1C(=O)Cc1ccc(C(F)(F)F)c(Cl)c1. The molecule has 1 aromatic rings. The Kier molecular flexibility index (Phi) is 7.79. The third-order valence-electron chi connectivity index (χ3n) is 7.83. The van der Waals surface area contributed by atoms with E-state index >= 15 is 0 Å². The number of hydrogen-bond acceptors (Lipinski definition) is 5. The average molecular weight is 546 g/mol. The van der Waals surface area contributed by atoms with Crippen LogP contribution in [-0.4, -0.2) is 93.6 Å². The van der Waals surface area contributed by atoms with Gasteiger partial charge in [-0.05, 0) is 49.3 Å². The van der Waals surface area contributed by atoms with E-state index in [1.165, 1.54) is 15.9 Å². The van der Waals surface area contributed by atoms with Crippen molar-refractivity contribution < 1.29 is 37.8 Å². The summed E-state index contributed by atoms with van der Waals surface area (Å²) in [5.41, 5.74) is -0.717. The van der Waals surface area contributed by atoms with Gasteiger partial charge < -0.3 is 24.9 Å². The van der Waals surface area contributed by atoms with Crippen LogP contribution in [0.25, 0.3) is 0 Å². The molecule has 1 saturated carbocycles. The van der Waals surface area contributed by atoms with Gasteiger partial charge in [0, 0.05) is 32.7 Å². The Hall–Kier alpha value is -2.37. The molecule has 1 aromatic carbocycles. The summed E-state index contributed by atoms with van der Waals surface area (Å²) in [4.78, 5) is 42.6. The molecule has 37 heavy (non-hydrogen) atoms. The smallest absolute Gasteiger partial charge is 0.391 e. The number of alkyl halides is 3. The molecule has 0 bridgehead atoms. The van der Waals surface area contributed by atoms with Gasteiger partial charge in [0.15, 0.2) is 0 Å². The largest absolute Gasteiger partial charge is 0.417 e. The molecule has 3 atom stereocenters. The van der Waals surface area contributed by atoms with Crippen molar-refractivity contribution in [3.8, 4) is 0 Å². The second-order valence-corrected chi connectivity index (χ2v) is 10.8. The Morgan fingerprint density at radius 1 is 1.16 bits per heavy atom. The molecular weight excluding hydrogens is 515 g/mol. The lowest BCUT2D eigenvalue weighted by Crippen LogP contribution is -2.59. The Labute approximate surface area is 218 Å². The maximum Gasteiger partial charge on any atom is 0.417 e. The zero-order chi connectivity index (χ0) is 27.1. The van der Waals surface area contributed by atoms with E-state index in [0.29, 0.717) is 12.1 Å². The van der Waals surface area contributed by atoms with Gasteiger partial charge >= 0.3 is 6.18 Å². The van der Waals surface area contributed by atoms with Crippen molar-refractivity contribution in [3.05, 3.63) is 34.3 Å². The van der Waals surface area contributed by atoms with Crippen LogP contribution < -0.4 is 0 Å². The summed E-state index contributed by atoms with van der Waals surface area (Å²) in [6.07, 6.45) is -3.91. The van der Waals surface area contributed by atoms with E-state index in [1.54, 1.807) is 11.8 Å². The van der Waals surface area contributed by atoms with Gasteiger partial charge in [0.1, 0.15) is 6.04 Å². The fraction of sp³-hybridized carbons (Fsp3) is 0.640. The van der Waals surface area contributed by atoms with E-state index < -0.39 is 40.9 Å². The van der Waals surface area contributed by atoms with Crippen LogP contribution in [0, 0.1) is 5.41 Å². The Bertz CT molecular complexity index is 1060. The topological polar surface area (TPSA) is 101 Å². The molecule has 204 valence electrons. The first-order chi connectivity index (χ1) is 17.3. The summed E-state index contributed by atoms with van der Waals surface area (Å²) < 4.78 is 38.7. The van der Waals surface area contributed by atoms with Crippen molar-refractivity contribution in [1.29, 1.82) is 0 Å². The van der Waals surface area contributed by atoms with Crippen LogP contribution in [-0.2, 0) is 27.0 Å².